The van der Waals surface area contributed by atoms with Crippen LogP contribution in [-0.2, 0) is 0 Å². The molecule has 2 aromatic rings. The summed E-state index contributed by atoms with van der Waals surface area (Å²) in [6.45, 7) is 6.01. The number of nitrogens with two attached hydrogens (primary N) is 1. The molecule has 18 heavy (non-hydrogen) atoms. The summed E-state index contributed by atoms with van der Waals surface area (Å²) < 4.78 is 5.67. The number of ether oxygens (including phenoxy) is 1. The molecule has 0 saturated heterocycles. The first-order chi connectivity index (χ1) is 8.56. The van der Waals surface area contributed by atoms with Crippen molar-refractivity contribution in [3.8, 4) is 5.75 Å². The van der Waals surface area contributed by atoms with E-state index >= 15 is 0 Å². The third-order valence-corrected chi connectivity index (χ3v) is 3.34. The van der Waals surface area contributed by atoms with Gasteiger partial charge in [0.25, 0.3) is 0 Å². The number of thiazole rings is 1. The van der Waals surface area contributed by atoms with E-state index in [1.165, 1.54) is 0 Å². The van der Waals surface area contributed by atoms with Crippen LogP contribution in [0.2, 0.25) is 0 Å². The fraction of sp³-hybridized carbons (Fsp3) is 0.357. The number of aryl methyl sites for hydroxylation is 1. The van der Waals surface area contributed by atoms with E-state index in [2.05, 4.69) is 4.98 Å². The molecule has 0 fully saturated rings. The van der Waals surface area contributed by atoms with Crippen molar-refractivity contribution in [3.05, 3.63) is 45.9 Å². The van der Waals surface area contributed by atoms with Gasteiger partial charge in [-0.2, -0.15) is 0 Å². The Morgan fingerprint density at radius 1 is 1.33 bits per heavy atom. The van der Waals surface area contributed by atoms with E-state index in [4.69, 9.17) is 10.5 Å². The quantitative estimate of drug-likeness (QED) is 0.919. The van der Waals surface area contributed by atoms with Crippen molar-refractivity contribution >= 4 is 11.3 Å². The van der Waals surface area contributed by atoms with Crippen LogP contribution in [-0.4, -0.2) is 11.1 Å². The molecule has 0 bridgehead atoms. The first kappa shape index (κ1) is 13.1. The Morgan fingerprint density at radius 3 is 2.72 bits per heavy atom. The fourth-order valence-corrected chi connectivity index (χ4v) is 2.40. The second-order valence-electron chi connectivity index (χ2n) is 4.51. The molecule has 3 nitrogen and oxygen atoms in total. The lowest BCUT2D eigenvalue weighted by Gasteiger charge is -2.13. The summed E-state index contributed by atoms with van der Waals surface area (Å²) in [6.07, 6.45) is 0.165. The lowest BCUT2D eigenvalue weighted by Crippen LogP contribution is -2.13. The van der Waals surface area contributed by atoms with Gasteiger partial charge in [0, 0.05) is 5.38 Å². The van der Waals surface area contributed by atoms with Gasteiger partial charge in [0.2, 0.25) is 0 Å². The Hall–Kier alpha value is -1.39. The molecule has 2 rings (SSSR count). The van der Waals surface area contributed by atoms with Crippen LogP contribution in [0, 0.1) is 6.92 Å². The van der Waals surface area contributed by atoms with E-state index < -0.39 is 0 Å². The zero-order chi connectivity index (χ0) is 13.1. The fourth-order valence-electron chi connectivity index (χ4n) is 1.75. The van der Waals surface area contributed by atoms with Crippen LogP contribution in [0.15, 0.2) is 29.6 Å². The van der Waals surface area contributed by atoms with Crippen molar-refractivity contribution < 1.29 is 4.74 Å². The molecule has 0 amide bonds. The van der Waals surface area contributed by atoms with E-state index in [-0.39, 0.29) is 12.1 Å². The van der Waals surface area contributed by atoms with E-state index in [1.54, 1.807) is 11.3 Å². The molecule has 1 aromatic carbocycles. The van der Waals surface area contributed by atoms with Crippen LogP contribution in [0.5, 0.6) is 5.75 Å². The Balaban J connectivity index is 2.22. The van der Waals surface area contributed by atoms with Crippen LogP contribution < -0.4 is 10.5 Å². The number of nitrogens with zero attached hydrogens (tertiary/aromatic N) is 1. The highest BCUT2D eigenvalue weighted by Crippen LogP contribution is 2.24. The maximum absolute atomic E-state index is 6.22. The Labute approximate surface area is 112 Å². The zero-order valence-corrected chi connectivity index (χ0v) is 11.7. The van der Waals surface area contributed by atoms with Gasteiger partial charge in [0.1, 0.15) is 5.75 Å². The molecule has 0 spiro atoms. The van der Waals surface area contributed by atoms with Crippen LogP contribution in [0.4, 0.5) is 0 Å². The molecule has 1 heterocycles. The number of rotatable bonds is 4. The molecule has 0 aliphatic carbocycles. The molecule has 0 radical (unpaired) electrons. The average molecular weight is 262 g/mol. The van der Waals surface area contributed by atoms with Crippen molar-refractivity contribution in [2.24, 2.45) is 5.73 Å². The van der Waals surface area contributed by atoms with Gasteiger partial charge in [-0.15, -0.1) is 11.3 Å². The minimum absolute atomic E-state index is 0.165. The van der Waals surface area contributed by atoms with Crippen molar-refractivity contribution in [2.45, 2.75) is 32.9 Å². The molecule has 0 aliphatic heterocycles. The molecule has 4 heteroatoms. The maximum atomic E-state index is 6.22. The van der Waals surface area contributed by atoms with Gasteiger partial charge < -0.3 is 10.5 Å². The molecule has 0 saturated carbocycles. The van der Waals surface area contributed by atoms with Gasteiger partial charge in [-0.1, -0.05) is 12.1 Å². The van der Waals surface area contributed by atoms with Gasteiger partial charge in [-0.05, 0) is 38.5 Å². The van der Waals surface area contributed by atoms with Crippen molar-refractivity contribution in [1.29, 1.82) is 0 Å². The summed E-state index contributed by atoms with van der Waals surface area (Å²) in [5.74, 6) is 0.852. The monoisotopic (exact) mass is 262 g/mol. The molecular weight excluding hydrogens is 244 g/mol. The molecule has 2 N–H and O–H groups in total. The van der Waals surface area contributed by atoms with Crippen LogP contribution in [0.1, 0.15) is 36.2 Å². The topological polar surface area (TPSA) is 48.1 Å². The summed E-state index contributed by atoms with van der Waals surface area (Å²) in [4.78, 5) is 4.43. The predicted molar refractivity (Wildman–Crippen MR) is 75.1 cm³/mol. The number of aromatic nitrogens is 1. The van der Waals surface area contributed by atoms with Crippen molar-refractivity contribution in [1.82, 2.24) is 4.98 Å². The van der Waals surface area contributed by atoms with Gasteiger partial charge in [0.15, 0.2) is 0 Å². The molecule has 0 aliphatic rings. The molecule has 1 unspecified atom stereocenters. The Bertz CT molecular complexity index is 522. The number of hydrogen-bond acceptors (Lipinski definition) is 4. The summed E-state index contributed by atoms with van der Waals surface area (Å²) in [5, 5.41) is 3.05. The van der Waals surface area contributed by atoms with Crippen LogP contribution in [0.25, 0.3) is 0 Å². The first-order valence-corrected chi connectivity index (χ1v) is 6.88. The minimum atomic E-state index is -0.189. The van der Waals surface area contributed by atoms with Crippen molar-refractivity contribution in [3.63, 3.8) is 0 Å². The first-order valence-electron chi connectivity index (χ1n) is 6.00. The highest BCUT2D eigenvalue weighted by atomic mass is 32.1. The summed E-state index contributed by atoms with van der Waals surface area (Å²) in [5.41, 5.74) is 8.16. The van der Waals surface area contributed by atoms with E-state index in [0.717, 1.165) is 22.0 Å². The highest BCUT2D eigenvalue weighted by Gasteiger charge is 2.12. The molecular formula is C14H18N2OS. The minimum Gasteiger partial charge on any atom is -0.491 e. The third kappa shape index (κ3) is 3.09. The second-order valence-corrected chi connectivity index (χ2v) is 5.57. The summed E-state index contributed by atoms with van der Waals surface area (Å²) in [6, 6.07) is 7.71. The second kappa shape index (κ2) is 5.50. The lowest BCUT2D eigenvalue weighted by molar-refractivity contribution is 0.242. The number of hydrogen-bond donors (Lipinski definition) is 1. The summed E-state index contributed by atoms with van der Waals surface area (Å²) in [7, 11) is 0. The van der Waals surface area contributed by atoms with E-state index in [0.29, 0.717) is 0 Å². The smallest absolute Gasteiger partial charge is 0.120 e. The SMILES string of the molecule is Cc1nc(C(N)c2cccc(OC(C)C)c2)cs1. The third-order valence-electron chi connectivity index (χ3n) is 2.54. The van der Waals surface area contributed by atoms with Gasteiger partial charge in [-0.25, -0.2) is 4.98 Å². The normalized spacial score (nSPS) is 12.7. The van der Waals surface area contributed by atoms with Crippen molar-refractivity contribution in [2.75, 3.05) is 0 Å². The predicted octanol–water partition coefficient (Wildman–Crippen LogP) is 3.29. The average Bonchev–Trinajstić information content (AvgIpc) is 2.74. The summed E-state index contributed by atoms with van der Waals surface area (Å²) >= 11 is 1.62. The van der Waals surface area contributed by atoms with Crippen LogP contribution in [0.3, 0.4) is 0 Å². The van der Waals surface area contributed by atoms with Crippen LogP contribution >= 0.6 is 11.3 Å². The molecule has 1 aromatic heterocycles. The highest BCUT2D eigenvalue weighted by molar-refractivity contribution is 7.09. The standard InChI is InChI=1S/C14H18N2OS/c1-9(2)17-12-6-4-5-11(7-12)14(15)13-8-18-10(3)16-13/h4-9,14H,15H2,1-3H3. The maximum Gasteiger partial charge on any atom is 0.120 e. The Kier molecular flexibility index (Phi) is 3.99. The largest absolute Gasteiger partial charge is 0.491 e. The zero-order valence-electron chi connectivity index (χ0n) is 10.9. The van der Waals surface area contributed by atoms with E-state index in [9.17, 15) is 0 Å². The van der Waals surface area contributed by atoms with Gasteiger partial charge in [0.05, 0.1) is 22.8 Å². The molecule has 1 atom stereocenters. The number of benzene rings is 1. The van der Waals surface area contributed by atoms with Gasteiger partial charge in [-0.3, -0.25) is 0 Å². The Morgan fingerprint density at radius 2 is 2.11 bits per heavy atom. The lowest BCUT2D eigenvalue weighted by atomic mass is 10.1. The molecule has 96 valence electrons. The van der Waals surface area contributed by atoms with Gasteiger partial charge >= 0.3 is 0 Å². The van der Waals surface area contributed by atoms with E-state index in [1.807, 2.05) is 50.4 Å².